The van der Waals surface area contributed by atoms with E-state index in [2.05, 4.69) is 32.9 Å². The van der Waals surface area contributed by atoms with E-state index in [0.717, 1.165) is 20.0 Å². The van der Waals surface area contributed by atoms with Gasteiger partial charge in [-0.3, -0.25) is 9.78 Å². The normalized spacial score (nSPS) is 10.8. The summed E-state index contributed by atoms with van der Waals surface area (Å²) in [4.78, 5) is 28.0. The van der Waals surface area contributed by atoms with Crippen LogP contribution in [0.3, 0.4) is 0 Å². The first-order valence-corrected chi connectivity index (χ1v) is 8.94. The van der Waals surface area contributed by atoms with E-state index in [0.29, 0.717) is 5.69 Å². The van der Waals surface area contributed by atoms with Gasteiger partial charge in [-0.25, -0.2) is 4.79 Å². The third-order valence-corrected chi connectivity index (χ3v) is 4.19. The average molecular weight is 458 g/mol. The number of carbonyl (C=O) groups excluding carboxylic acids is 2. The van der Waals surface area contributed by atoms with Gasteiger partial charge in [0.1, 0.15) is 0 Å². The molecule has 0 bridgehead atoms. The molecule has 3 aromatic rings. The molecule has 0 unspecified atom stereocenters. The van der Waals surface area contributed by atoms with Gasteiger partial charge in [0.25, 0.3) is 5.91 Å². The van der Waals surface area contributed by atoms with Crippen LogP contribution in [0.15, 0.2) is 66.9 Å². The smallest absolute Gasteiger partial charge is 0.331 e. The van der Waals surface area contributed by atoms with Crippen molar-refractivity contribution in [2.24, 2.45) is 0 Å². The van der Waals surface area contributed by atoms with Gasteiger partial charge in [-0.05, 0) is 52.9 Å². The van der Waals surface area contributed by atoms with Crippen LogP contribution in [0.4, 0.5) is 5.69 Å². The minimum absolute atomic E-state index is 0.345. The lowest BCUT2D eigenvalue weighted by molar-refractivity contribution is -0.142. The summed E-state index contributed by atoms with van der Waals surface area (Å²) in [5.74, 6) is -0.976. The number of aromatic nitrogens is 1. The predicted octanol–water partition coefficient (Wildman–Crippen LogP) is 4.03. The molecule has 0 atom stereocenters. The summed E-state index contributed by atoms with van der Waals surface area (Å²) in [5.41, 5.74) is 2.27. The second-order valence-corrected chi connectivity index (χ2v) is 6.67. The Morgan fingerprint density at radius 1 is 1.12 bits per heavy atom. The molecule has 1 aromatic heterocycles. The van der Waals surface area contributed by atoms with Gasteiger partial charge in [0.2, 0.25) is 0 Å². The topological polar surface area (TPSA) is 68.3 Å². The Morgan fingerprint density at radius 3 is 2.77 bits per heavy atom. The number of anilines is 1. The van der Waals surface area contributed by atoms with E-state index in [1.807, 2.05) is 48.5 Å². The Labute approximate surface area is 164 Å². The van der Waals surface area contributed by atoms with E-state index >= 15 is 0 Å². The highest BCUT2D eigenvalue weighted by atomic mass is 127. The molecule has 0 radical (unpaired) electrons. The maximum absolute atomic E-state index is 11.9. The van der Waals surface area contributed by atoms with Crippen LogP contribution < -0.4 is 5.32 Å². The van der Waals surface area contributed by atoms with E-state index < -0.39 is 5.97 Å². The van der Waals surface area contributed by atoms with Gasteiger partial charge in [0.15, 0.2) is 6.61 Å². The molecule has 0 aliphatic carbocycles. The van der Waals surface area contributed by atoms with Crippen LogP contribution in [-0.4, -0.2) is 23.5 Å². The van der Waals surface area contributed by atoms with Crippen LogP contribution in [0.1, 0.15) is 5.56 Å². The molecule has 6 heteroatoms. The number of para-hydroxylation sites is 1. The Bertz CT molecular complexity index is 980. The quantitative estimate of drug-likeness (QED) is 0.356. The molecular formula is C20H15IN2O3. The first-order chi connectivity index (χ1) is 12.6. The number of nitrogens with one attached hydrogen (secondary N) is 1. The number of pyridine rings is 1. The molecule has 0 aliphatic heterocycles. The number of amides is 1. The van der Waals surface area contributed by atoms with E-state index in [-0.39, 0.29) is 12.5 Å². The van der Waals surface area contributed by atoms with Gasteiger partial charge >= 0.3 is 5.97 Å². The Kier molecular flexibility index (Phi) is 5.96. The largest absolute Gasteiger partial charge is 0.452 e. The standard InChI is InChI=1S/C20H15IN2O3/c21-16-7-2-8-17(12-16)23-18(24)13-26-19(25)10-9-15-5-1-4-14-6-3-11-22-20(14)15/h1-12H,13H2,(H,23,24)/b10-9+. The molecule has 1 amide bonds. The number of hydrogen-bond donors (Lipinski definition) is 1. The van der Waals surface area contributed by atoms with Crippen LogP contribution in [0.2, 0.25) is 0 Å². The summed E-state index contributed by atoms with van der Waals surface area (Å²) >= 11 is 2.16. The first kappa shape index (κ1) is 18.1. The maximum Gasteiger partial charge on any atom is 0.331 e. The first-order valence-electron chi connectivity index (χ1n) is 7.86. The number of nitrogens with zero attached hydrogens (tertiary/aromatic N) is 1. The average Bonchev–Trinajstić information content (AvgIpc) is 2.64. The summed E-state index contributed by atoms with van der Waals surface area (Å²) in [6.07, 6.45) is 4.63. The summed E-state index contributed by atoms with van der Waals surface area (Å²) in [7, 11) is 0. The molecule has 0 saturated heterocycles. The monoisotopic (exact) mass is 458 g/mol. The Hall–Kier alpha value is -2.74. The highest BCUT2D eigenvalue weighted by Gasteiger charge is 2.06. The minimum atomic E-state index is -0.587. The molecule has 2 aromatic carbocycles. The number of fused-ring (bicyclic) bond motifs is 1. The molecule has 0 fully saturated rings. The zero-order valence-electron chi connectivity index (χ0n) is 13.7. The van der Waals surface area contributed by atoms with Crippen molar-refractivity contribution in [1.29, 1.82) is 0 Å². The van der Waals surface area contributed by atoms with Crippen molar-refractivity contribution in [3.63, 3.8) is 0 Å². The van der Waals surface area contributed by atoms with Crippen molar-refractivity contribution < 1.29 is 14.3 Å². The Morgan fingerprint density at radius 2 is 1.92 bits per heavy atom. The number of halogens is 1. The Balaban J connectivity index is 1.56. The molecule has 0 aliphatic rings. The zero-order valence-corrected chi connectivity index (χ0v) is 15.8. The van der Waals surface area contributed by atoms with Gasteiger partial charge in [-0.2, -0.15) is 0 Å². The summed E-state index contributed by atoms with van der Waals surface area (Å²) in [6, 6.07) is 16.9. The number of ether oxygens (including phenoxy) is 1. The molecule has 1 N–H and O–H groups in total. The number of hydrogen-bond acceptors (Lipinski definition) is 4. The van der Waals surface area contributed by atoms with Crippen molar-refractivity contribution in [3.8, 4) is 0 Å². The van der Waals surface area contributed by atoms with Gasteiger partial charge in [-0.1, -0.05) is 30.3 Å². The fourth-order valence-electron chi connectivity index (χ4n) is 2.37. The molecular weight excluding hydrogens is 443 g/mol. The van der Waals surface area contributed by atoms with Crippen molar-refractivity contribution in [2.75, 3.05) is 11.9 Å². The molecule has 3 rings (SSSR count). The van der Waals surface area contributed by atoms with Crippen molar-refractivity contribution in [3.05, 3.63) is 76.0 Å². The fourth-order valence-corrected chi connectivity index (χ4v) is 2.91. The van der Waals surface area contributed by atoms with E-state index in [1.165, 1.54) is 6.08 Å². The number of benzene rings is 2. The number of carbonyl (C=O) groups is 2. The van der Waals surface area contributed by atoms with E-state index in [9.17, 15) is 9.59 Å². The van der Waals surface area contributed by atoms with Crippen LogP contribution >= 0.6 is 22.6 Å². The number of esters is 1. The molecule has 26 heavy (non-hydrogen) atoms. The molecule has 0 saturated carbocycles. The van der Waals surface area contributed by atoms with Gasteiger partial charge in [-0.15, -0.1) is 0 Å². The predicted molar refractivity (Wildman–Crippen MR) is 110 cm³/mol. The lowest BCUT2D eigenvalue weighted by Crippen LogP contribution is -2.20. The van der Waals surface area contributed by atoms with Crippen molar-refractivity contribution in [1.82, 2.24) is 4.98 Å². The summed E-state index contributed by atoms with van der Waals surface area (Å²) in [5, 5.41) is 3.67. The lowest BCUT2D eigenvalue weighted by atomic mass is 10.1. The summed E-state index contributed by atoms with van der Waals surface area (Å²) in [6.45, 7) is -0.345. The molecule has 5 nitrogen and oxygen atoms in total. The minimum Gasteiger partial charge on any atom is -0.452 e. The molecule has 1 heterocycles. The summed E-state index contributed by atoms with van der Waals surface area (Å²) < 4.78 is 5.98. The molecule has 0 spiro atoms. The molecule has 130 valence electrons. The van der Waals surface area contributed by atoms with E-state index in [4.69, 9.17) is 4.74 Å². The van der Waals surface area contributed by atoms with Gasteiger partial charge in [0.05, 0.1) is 5.52 Å². The highest BCUT2D eigenvalue weighted by molar-refractivity contribution is 14.1. The van der Waals surface area contributed by atoms with Gasteiger partial charge in [0, 0.05) is 32.5 Å². The second kappa shape index (κ2) is 8.57. The third-order valence-electron chi connectivity index (χ3n) is 3.52. The second-order valence-electron chi connectivity index (χ2n) is 5.42. The van der Waals surface area contributed by atoms with Crippen LogP contribution in [0.5, 0.6) is 0 Å². The van der Waals surface area contributed by atoms with Crippen molar-refractivity contribution in [2.45, 2.75) is 0 Å². The van der Waals surface area contributed by atoms with E-state index in [1.54, 1.807) is 18.3 Å². The lowest BCUT2D eigenvalue weighted by Gasteiger charge is -2.05. The SMILES string of the molecule is O=C(COC(=O)/C=C/c1cccc2cccnc12)Nc1cccc(I)c1. The fraction of sp³-hybridized carbons (Fsp3) is 0.0500. The number of rotatable bonds is 5. The van der Waals surface area contributed by atoms with Crippen LogP contribution in [0, 0.1) is 3.57 Å². The highest BCUT2D eigenvalue weighted by Crippen LogP contribution is 2.17. The zero-order chi connectivity index (χ0) is 18.4. The van der Waals surface area contributed by atoms with Crippen LogP contribution in [0.25, 0.3) is 17.0 Å². The maximum atomic E-state index is 11.9. The third kappa shape index (κ3) is 4.89. The van der Waals surface area contributed by atoms with Crippen molar-refractivity contribution >= 4 is 57.1 Å². The van der Waals surface area contributed by atoms with Gasteiger partial charge < -0.3 is 10.1 Å². The van der Waals surface area contributed by atoms with Crippen LogP contribution in [-0.2, 0) is 14.3 Å².